The average molecular weight is 310 g/mol. The van der Waals surface area contributed by atoms with Crippen molar-refractivity contribution in [2.24, 2.45) is 4.99 Å². The van der Waals surface area contributed by atoms with Crippen molar-refractivity contribution < 1.29 is 14.4 Å². The van der Waals surface area contributed by atoms with E-state index in [1.54, 1.807) is 12.1 Å². The third-order valence-corrected chi connectivity index (χ3v) is 3.42. The molecule has 5 nitrogen and oxygen atoms in total. The summed E-state index contributed by atoms with van der Waals surface area (Å²) in [6.45, 7) is 0. The Balaban J connectivity index is 2.09. The number of hydrogen-bond acceptors (Lipinski definition) is 4. The minimum absolute atomic E-state index is 0.00158. The molecule has 3 aromatic rings. The quantitative estimate of drug-likeness (QED) is 0.444. The van der Waals surface area contributed by atoms with Crippen molar-refractivity contribution in [3.63, 3.8) is 0 Å². The van der Waals surface area contributed by atoms with Gasteiger partial charge in [-0.1, -0.05) is 30.3 Å². The van der Waals surface area contributed by atoms with Crippen molar-refractivity contribution in [1.82, 2.24) is 0 Å². The second kappa shape index (κ2) is 5.84. The highest BCUT2D eigenvalue weighted by Crippen LogP contribution is 2.28. The zero-order chi connectivity index (χ0) is 16.4. The predicted octanol–water partition coefficient (Wildman–Crippen LogP) is 4.34. The predicted molar refractivity (Wildman–Crippen MR) is 85.9 cm³/mol. The van der Waals surface area contributed by atoms with Gasteiger partial charge in [0.2, 0.25) is 0 Å². The normalized spacial score (nSPS) is 11.2. The Kier molecular flexibility index (Phi) is 3.72. The fourth-order valence-corrected chi connectivity index (χ4v) is 2.27. The number of aliphatic imine (C=N–C) groups is 1. The molecule has 23 heavy (non-hydrogen) atoms. The lowest BCUT2D eigenvalue weighted by Gasteiger charge is -2.04. The summed E-state index contributed by atoms with van der Waals surface area (Å²) in [7, 11) is 0. The molecule has 0 bridgehead atoms. The summed E-state index contributed by atoms with van der Waals surface area (Å²) in [6.07, 6.45) is 1.31. The van der Waals surface area contributed by atoms with Crippen LogP contribution in [-0.2, 0) is 0 Å². The summed E-state index contributed by atoms with van der Waals surface area (Å²) in [5, 5.41) is 22.4. The molecule has 1 N–H and O–H groups in total. The number of benzene rings is 3. The van der Waals surface area contributed by atoms with E-state index < -0.39 is 10.7 Å². The largest absolute Gasteiger partial charge is 0.507 e. The van der Waals surface area contributed by atoms with Crippen molar-refractivity contribution in [1.29, 1.82) is 0 Å². The Morgan fingerprint density at radius 2 is 1.91 bits per heavy atom. The molecule has 0 saturated carbocycles. The topological polar surface area (TPSA) is 75.7 Å². The van der Waals surface area contributed by atoms with Crippen LogP contribution >= 0.6 is 0 Å². The van der Waals surface area contributed by atoms with Crippen LogP contribution in [0.5, 0.6) is 5.75 Å². The molecular formula is C17H11FN2O3. The maximum Gasteiger partial charge on any atom is 0.271 e. The maximum atomic E-state index is 13.8. The number of nitrogens with zero attached hydrogens (tertiary/aromatic N) is 2. The van der Waals surface area contributed by atoms with Crippen molar-refractivity contribution in [3.8, 4) is 5.75 Å². The van der Waals surface area contributed by atoms with Crippen LogP contribution in [0.15, 0.2) is 59.6 Å². The molecular weight excluding hydrogens is 299 g/mol. The number of rotatable bonds is 3. The number of phenols is 1. The molecule has 0 radical (unpaired) electrons. The highest BCUT2D eigenvalue weighted by molar-refractivity contribution is 6.03. The molecule has 0 spiro atoms. The zero-order valence-corrected chi connectivity index (χ0v) is 11.8. The van der Waals surface area contributed by atoms with Gasteiger partial charge in [-0.05, 0) is 22.9 Å². The van der Waals surface area contributed by atoms with Gasteiger partial charge >= 0.3 is 0 Å². The molecule has 0 aliphatic rings. The summed E-state index contributed by atoms with van der Waals surface area (Å²) in [6, 6.07) is 13.8. The average Bonchev–Trinajstić information content (AvgIpc) is 2.55. The van der Waals surface area contributed by atoms with Gasteiger partial charge in [-0.3, -0.25) is 15.1 Å². The molecule has 0 heterocycles. The molecule has 0 aromatic heterocycles. The Morgan fingerprint density at radius 1 is 1.13 bits per heavy atom. The monoisotopic (exact) mass is 310 g/mol. The smallest absolute Gasteiger partial charge is 0.271 e. The molecule has 0 amide bonds. The first-order valence-electron chi connectivity index (χ1n) is 6.75. The molecule has 0 aliphatic carbocycles. The van der Waals surface area contributed by atoms with Gasteiger partial charge in [-0.15, -0.1) is 0 Å². The number of aromatic hydroxyl groups is 1. The number of fused-ring (bicyclic) bond motifs is 1. The van der Waals surface area contributed by atoms with Gasteiger partial charge < -0.3 is 5.11 Å². The Morgan fingerprint density at radius 3 is 2.70 bits per heavy atom. The Labute approximate surface area is 130 Å². The van der Waals surface area contributed by atoms with Crippen LogP contribution in [-0.4, -0.2) is 16.2 Å². The van der Waals surface area contributed by atoms with Crippen molar-refractivity contribution in [2.45, 2.75) is 0 Å². The molecule has 3 rings (SSSR count). The zero-order valence-electron chi connectivity index (χ0n) is 11.8. The molecule has 0 saturated heterocycles. The fraction of sp³-hybridized carbons (Fsp3) is 0. The van der Waals surface area contributed by atoms with E-state index >= 15 is 0 Å². The van der Waals surface area contributed by atoms with E-state index in [1.165, 1.54) is 12.3 Å². The number of halogens is 1. The Hall–Kier alpha value is -3.28. The van der Waals surface area contributed by atoms with Gasteiger partial charge in [-0.2, -0.15) is 0 Å². The summed E-state index contributed by atoms with van der Waals surface area (Å²) in [4.78, 5) is 14.1. The van der Waals surface area contributed by atoms with Gasteiger partial charge in [0.25, 0.3) is 5.69 Å². The molecule has 114 valence electrons. The molecule has 0 unspecified atom stereocenters. The lowest BCUT2D eigenvalue weighted by Crippen LogP contribution is -1.89. The minimum Gasteiger partial charge on any atom is -0.507 e. The van der Waals surface area contributed by atoms with E-state index in [4.69, 9.17) is 0 Å². The van der Waals surface area contributed by atoms with Crippen LogP contribution in [0.4, 0.5) is 15.8 Å². The standard InChI is InChI=1S/C17H11FN2O3/c18-15-7-6-12(20(22)23)9-16(15)19-10-14-13-4-2-1-3-11(13)5-8-17(14)21/h1-10,21H. The number of non-ortho nitro benzene ring substituents is 1. The minimum atomic E-state index is -0.674. The van der Waals surface area contributed by atoms with Crippen LogP contribution in [0.25, 0.3) is 10.8 Å². The van der Waals surface area contributed by atoms with Crippen molar-refractivity contribution in [3.05, 3.63) is 76.1 Å². The third kappa shape index (κ3) is 2.87. The highest BCUT2D eigenvalue weighted by Gasteiger charge is 2.10. The van der Waals surface area contributed by atoms with E-state index in [0.29, 0.717) is 5.56 Å². The van der Waals surface area contributed by atoms with Crippen LogP contribution in [0.2, 0.25) is 0 Å². The summed E-state index contributed by atoms with van der Waals surface area (Å²) in [5.74, 6) is -0.676. The fourth-order valence-electron chi connectivity index (χ4n) is 2.27. The maximum absolute atomic E-state index is 13.8. The summed E-state index contributed by atoms with van der Waals surface area (Å²) < 4.78 is 13.8. The van der Waals surface area contributed by atoms with Crippen LogP contribution in [0, 0.1) is 15.9 Å². The van der Waals surface area contributed by atoms with E-state index in [9.17, 15) is 19.6 Å². The van der Waals surface area contributed by atoms with Gasteiger partial charge in [0.05, 0.1) is 4.92 Å². The van der Waals surface area contributed by atoms with Gasteiger partial charge in [0, 0.05) is 23.9 Å². The number of nitro groups is 1. The molecule has 0 aliphatic heterocycles. The number of nitro benzene ring substituents is 1. The number of phenolic OH excluding ortho intramolecular Hbond substituents is 1. The molecule has 0 atom stereocenters. The second-order valence-corrected chi connectivity index (χ2v) is 4.87. The first-order valence-corrected chi connectivity index (χ1v) is 6.75. The lowest BCUT2D eigenvalue weighted by molar-refractivity contribution is -0.384. The molecule has 0 fully saturated rings. The van der Waals surface area contributed by atoms with Crippen LogP contribution < -0.4 is 0 Å². The SMILES string of the molecule is O=[N+]([O-])c1ccc(F)c(N=Cc2c(O)ccc3ccccc23)c1. The molecule has 3 aromatic carbocycles. The first kappa shape index (κ1) is 14.6. The van der Waals surface area contributed by atoms with E-state index in [1.807, 2.05) is 18.2 Å². The number of hydrogen-bond donors (Lipinski definition) is 1. The second-order valence-electron chi connectivity index (χ2n) is 4.87. The van der Waals surface area contributed by atoms with E-state index in [2.05, 4.69) is 4.99 Å². The van der Waals surface area contributed by atoms with Crippen molar-refractivity contribution in [2.75, 3.05) is 0 Å². The first-order chi connectivity index (χ1) is 11.1. The van der Waals surface area contributed by atoms with Crippen LogP contribution in [0.3, 0.4) is 0 Å². The Bertz CT molecular complexity index is 938. The van der Waals surface area contributed by atoms with Crippen LogP contribution in [0.1, 0.15) is 5.56 Å². The van der Waals surface area contributed by atoms with E-state index in [-0.39, 0.29) is 17.1 Å². The summed E-state index contributed by atoms with van der Waals surface area (Å²) >= 11 is 0. The van der Waals surface area contributed by atoms with E-state index in [0.717, 1.165) is 29.0 Å². The highest BCUT2D eigenvalue weighted by atomic mass is 19.1. The lowest BCUT2D eigenvalue weighted by atomic mass is 10.0. The van der Waals surface area contributed by atoms with Gasteiger partial charge in [-0.25, -0.2) is 4.39 Å². The van der Waals surface area contributed by atoms with Crippen molar-refractivity contribution >= 4 is 28.4 Å². The third-order valence-electron chi connectivity index (χ3n) is 3.42. The summed E-state index contributed by atoms with van der Waals surface area (Å²) in [5.41, 5.74) is 0.0150. The van der Waals surface area contributed by atoms with Gasteiger partial charge in [0.15, 0.2) is 0 Å². The molecule has 6 heteroatoms. The van der Waals surface area contributed by atoms with Gasteiger partial charge in [0.1, 0.15) is 17.3 Å².